The number of nitrogens with one attached hydrogen (secondary N) is 1. The van der Waals surface area contributed by atoms with Gasteiger partial charge in [-0.15, -0.1) is 22.7 Å². The fourth-order valence-corrected chi connectivity index (χ4v) is 3.46. The van der Waals surface area contributed by atoms with Crippen LogP contribution in [0.4, 0.5) is 0 Å². The second kappa shape index (κ2) is 5.29. The van der Waals surface area contributed by atoms with E-state index in [0.717, 1.165) is 24.9 Å². The maximum Gasteiger partial charge on any atom is 0.261 e. The summed E-state index contributed by atoms with van der Waals surface area (Å²) in [5, 5.41) is 5.78. The SMILES string of the molecule is Cc1csc(CNC(=O)c2cc(C)c(Br)s2)n1. The third kappa shape index (κ3) is 3.14. The second-order valence-corrected chi connectivity index (χ2v) is 6.95. The van der Waals surface area contributed by atoms with Crippen LogP contribution in [0.3, 0.4) is 0 Å². The van der Waals surface area contributed by atoms with Crippen molar-refractivity contribution in [3.63, 3.8) is 0 Å². The van der Waals surface area contributed by atoms with E-state index in [1.165, 1.54) is 11.3 Å². The van der Waals surface area contributed by atoms with Gasteiger partial charge in [-0.05, 0) is 41.4 Å². The number of halogens is 1. The highest BCUT2D eigenvalue weighted by Crippen LogP contribution is 2.27. The average Bonchev–Trinajstić information content (AvgIpc) is 2.83. The minimum absolute atomic E-state index is 0.0448. The van der Waals surface area contributed by atoms with Gasteiger partial charge in [-0.25, -0.2) is 4.98 Å². The Hall–Kier alpha value is -0.720. The molecule has 0 aliphatic heterocycles. The Labute approximate surface area is 116 Å². The van der Waals surface area contributed by atoms with Crippen LogP contribution >= 0.6 is 38.6 Å². The number of rotatable bonds is 3. The first-order valence-electron chi connectivity index (χ1n) is 5.01. The topological polar surface area (TPSA) is 42.0 Å². The molecule has 0 aliphatic rings. The molecule has 0 unspecified atom stereocenters. The molecule has 3 nitrogen and oxygen atoms in total. The lowest BCUT2D eigenvalue weighted by molar-refractivity contribution is 0.0955. The van der Waals surface area contributed by atoms with Crippen LogP contribution in [0.1, 0.15) is 25.9 Å². The molecule has 2 aromatic heterocycles. The van der Waals surface area contributed by atoms with Crippen LogP contribution in [-0.4, -0.2) is 10.9 Å². The van der Waals surface area contributed by atoms with Crippen molar-refractivity contribution < 1.29 is 4.79 Å². The molecule has 0 aliphatic carbocycles. The number of amides is 1. The Morgan fingerprint density at radius 1 is 1.53 bits per heavy atom. The standard InChI is InChI=1S/C11H11BrN2OS2/c1-6-3-8(17-10(6)12)11(15)13-4-9-14-7(2)5-16-9/h3,5H,4H2,1-2H3,(H,13,15). The van der Waals surface area contributed by atoms with Gasteiger partial charge >= 0.3 is 0 Å². The Kier molecular flexibility index (Phi) is 3.96. The van der Waals surface area contributed by atoms with Crippen LogP contribution in [0.2, 0.25) is 0 Å². The van der Waals surface area contributed by atoms with Crippen LogP contribution < -0.4 is 5.32 Å². The fourth-order valence-electron chi connectivity index (χ4n) is 1.30. The summed E-state index contributed by atoms with van der Waals surface area (Å²) < 4.78 is 1.01. The number of aromatic nitrogens is 1. The van der Waals surface area contributed by atoms with E-state index in [1.54, 1.807) is 11.3 Å². The van der Waals surface area contributed by atoms with Gasteiger partial charge in [-0.2, -0.15) is 0 Å². The van der Waals surface area contributed by atoms with Gasteiger partial charge in [0.25, 0.3) is 5.91 Å². The van der Waals surface area contributed by atoms with Crippen molar-refractivity contribution in [2.75, 3.05) is 0 Å². The summed E-state index contributed by atoms with van der Waals surface area (Å²) in [4.78, 5) is 16.9. The number of thiazole rings is 1. The normalized spacial score (nSPS) is 10.5. The van der Waals surface area contributed by atoms with Gasteiger partial charge in [0.15, 0.2) is 0 Å². The second-order valence-electron chi connectivity index (χ2n) is 3.63. The van der Waals surface area contributed by atoms with Crippen LogP contribution in [0.15, 0.2) is 15.2 Å². The van der Waals surface area contributed by atoms with Crippen molar-refractivity contribution >= 4 is 44.5 Å². The minimum atomic E-state index is -0.0448. The zero-order valence-electron chi connectivity index (χ0n) is 9.41. The predicted molar refractivity (Wildman–Crippen MR) is 74.8 cm³/mol. The number of carbonyl (C=O) groups is 1. The molecule has 6 heteroatoms. The molecule has 2 aromatic rings. The predicted octanol–water partition coefficient (Wildman–Crippen LogP) is 3.51. The molecule has 1 amide bonds. The first kappa shape index (κ1) is 12.7. The zero-order chi connectivity index (χ0) is 12.4. The number of hydrogen-bond acceptors (Lipinski definition) is 4. The molecule has 2 rings (SSSR count). The molecule has 0 spiro atoms. The van der Waals surface area contributed by atoms with Gasteiger partial charge in [0.2, 0.25) is 0 Å². The molecule has 90 valence electrons. The lowest BCUT2D eigenvalue weighted by atomic mass is 10.3. The van der Waals surface area contributed by atoms with E-state index in [2.05, 4.69) is 26.2 Å². The Morgan fingerprint density at radius 2 is 2.29 bits per heavy atom. The van der Waals surface area contributed by atoms with E-state index >= 15 is 0 Å². The van der Waals surface area contributed by atoms with Crippen molar-refractivity contribution in [3.05, 3.63) is 36.4 Å². The van der Waals surface area contributed by atoms with Crippen molar-refractivity contribution in [3.8, 4) is 0 Å². The first-order valence-corrected chi connectivity index (χ1v) is 7.50. The number of hydrogen-bond donors (Lipinski definition) is 1. The van der Waals surface area contributed by atoms with Gasteiger partial charge < -0.3 is 5.32 Å². The number of thiophene rings is 1. The molecule has 0 fully saturated rings. The maximum absolute atomic E-state index is 11.8. The largest absolute Gasteiger partial charge is 0.345 e. The van der Waals surface area contributed by atoms with E-state index in [4.69, 9.17) is 0 Å². The third-order valence-electron chi connectivity index (χ3n) is 2.15. The molecule has 0 saturated carbocycles. The van der Waals surface area contributed by atoms with E-state index in [9.17, 15) is 4.79 Å². The molecule has 0 radical (unpaired) electrons. The quantitative estimate of drug-likeness (QED) is 0.935. The van der Waals surface area contributed by atoms with Gasteiger partial charge in [0.05, 0.1) is 15.2 Å². The molecular formula is C11H11BrN2OS2. The number of carbonyl (C=O) groups excluding carboxylic acids is 1. The molecular weight excluding hydrogens is 320 g/mol. The Balaban J connectivity index is 1.98. The summed E-state index contributed by atoms with van der Waals surface area (Å²) in [6.45, 7) is 4.41. The lowest BCUT2D eigenvalue weighted by Crippen LogP contribution is -2.21. The molecule has 0 saturated heterocycles. The number of aryl methyl sites for hydroxylation is 2. The zero-order valence-corrected chi connectivity index (χ0v) is 12.6. The van der Waals surface area contributed by atoms with E-state index < -0.39 is 0 Å². The van der Waals surface area contributed by atoms with E-state index in [-0.39, 0.29) is 5.91 Å². The summed E-state index contributed by atoms with van der Waals surface area (Å²) in [6.07, 6.45) is 0. The summed E-state index contributed by atoms with van der Waals surface area (Å²) in [5.74, 6) is -0.0448. The average molecular weight is 331 g/mol. The highest BCUT2D eigenvalue weighted by Gasteiger charge is 2.11. The third-order valence-corrected chi connectivity index (χ3v) is 5.25. The van der Waals surface area contributed by atoms with Crippen molar-refractivity contribution in [2.24, 2.45) is 0 Å². The molecule has 2 heterocycles. The smallest absolute Gasteiger partial charge is 0.261 e. The summed E-state index contributed by atoms with van der Waals surface area (Å²) >= 11 is 6.43. The van der Waals surface area contributed by atoms with E-state index in [0.29, 0.717) is 6.54 Å². The van der Waals surface area contributed by atoms with Crippen LogP contribution in [0.25, 0.3) is 0 Å². The van der Waals surface area contributed by atoms with Crippen LogP contribution in [-0.2, 0) is 6.54 Å². The van der Waals surface area contributed by atoms with Crippen molar-refractivity contribution in [2.45, 2.75) is 20.4 Å². The van der Waals surface area contributed by atoms with Gasteiger partial charge in [0, 0.05) is 11.1 Å². The Morgan fingerprint density at radius 3 is 2.82 bits per heavy atom. The molecule has 17 heavy (non-hydrogen) atoms. The maximum atomic E-state index is 11.8. The summed E-state index contributed by atoms with van der Waals surface area (Å²) in [5.41, 5.74) is 2.08. The molecule has 0 bridgehead atoms. The fraction of sp³-hybridized carbons (Fsp3) is 0.273. The molecule has 0 aromatic carbocycles. The number of nitrogens with zero attached hydrogens (tertiary/aromatic N) is 1. The lowest BCUT2D eigenvalue weighted by Gasteiger charge is -1.99. The van der Waals surface area contributed by atoms with E-state index in [1.807, 2.05) is 25.3 Å². The minimum Gasteiger partial charge on any atom is -0.345 e. The monoisotopic (exact) mass is 330 g/mol. The van der Waals surface area contributed by atoms with Crippen molar-refractivity contribution in [1.82, 2.24) is 10.3 Å². The first-order chi connectivity index (χ1) is 8.06. The van der Waals surface area contributed by atoms with Crippen LogP contribution in [0, 0.1) is 13.8 Å². The van der Waals surface area contributed by atoms with Crippen LogP contribution in [0.5, 0.6) is 0 Å². The van der Waals surface area contributed by atoms with Gasteiger partial charge in [0.1, 0.15) is 5.01 Å². The van der Waals surface area contributed by atoms with Gasteiger partial charge in [-0.3, -0.25) is 4.79 Å². The Bertz CT molecular complexity index is 528. The summed E-state index contributed by atoms with van der Waals surface area (Å²) in [6, 6.07) is 1.89. The van der Waals surface area contributed by atoms with Crippen molar-refractivity contribution in [1.29, 1.82) is 0 Å². The molecule has 0 atom stereocenters. The van der Waals surface area contributed by atoms with Gasteiger partial charge in [-0.1, -0.05) is 0 Å². The highest BCUT2D eigenvalue weighted by atomic mass is 79.9. The highest BCUT2D eigenvalue weighted by molar-refractivity contribution is 9.11. The molecule has 1 N–H and O–H groups in total. The summed E-state index contributed by atoms with van der Waals surface area (Å²) in [7, 11) is 0.